The largest absolute Gasteiger partial charge is 0.477 e. The van der Waals surface area contributed by atoms with Crippen LogP contribution >= 0.6 is 22.9 Å². The van der Waals surface area contributed by atoms with Gasteiger partial charge < -0.3 is 15.7 Å². The van der Waals surface area contributed by atoms with Crippen LogP contribution in [0, 0.1) is 11.7 Å². The SMILES string of the molecule is Nc1nc(C(=O)N2[C@H](C(Cc3ccccc3)c3nnsc3C(=O)O)C[C@H]3C[C@@H]32)c(-c2cccc(F)c2)s1. The Morgan fingerprint density at radius 3 is 2.73 bits per heavy atom. The van der Waals surface area contributed by atoms with Crippen LogP contribution in [0.3, 0.4) is 0 Å². The lowest BCUT2D eigenvalue weighted by Crippen LogP contribution is -2.43. The summed E-state index contributed by atoms with van der Waals surface area (Å²) in [5.41, 5.74) is 8.17. The standard InChI is InChI=1S/C26H22FN5O3S2/c27-16-8-4-7-14(10-16)22-21(29-26(28)36-22)24(33)32-18-11-15(18)12-19(32)17(9-13-5-2-1-3-6-13)20-23(25(34)35)37-31-30-20/h1-8,10,15,17-19H,9,11-12H2,(H2,28,29)(H,34,35)/t15-,17?,18+,19+/m1/s1. The zero-order valence-corrected chi connectivity index (χ0v) is 21.1. The number of thiazole rings is 1. The Hall–Kier alpha value is -3.70. The number of carboxylic acid groups (broad SMARTS) is 1. The second-order valence-corrected chi connectivity index (χ2v) is 11.2. The zero-order chi connectivity index (χ0) is 25.7. The molecular formula is C26H22FN5O3S2. The lowest BCUT2D eigenvalue weighted by Gasteiger charge is -2.33. The summed E-state index contributed by atoms with van der Waals surface area (Å²) in [5, 5.41) is 14.3. The molecule has 3 heterocycles. The van der Waals surface area contributed by atoms with E-state index in [1.807, 2.05) is 35.2 Å². The fraction of sp³-hybridized carbons (Fsp3) is 0.269. The monoisotopic (exact) mass is 535 g/mol. The van der Waals surface area contributed by atoms with E-state index in [0.717, 1.165) is 41.3 Å². The van der Waals surface area contributed by atoms with Gasteiger partial charge in [0.25, 0.3) is 5.91 Å². The summed E-state index contributed by atoms with van der Waals surface area (Å²) in [4.78, 5) is 32.9. The molecule has 1 amide bonds. The number of carbonyl (C=O) groups is 2. The Balaban J connectivity index is 1.41. The number of fused-ring (bicyclic) bond motifs is 1. The van der Waals surface area contributed by atoms with Crippen molar-refractivity contribution in [2.24, 2.45) is 5.92 Å². The van der Waals surface area contributed by atoms with Gasteiger partial charge in [0.1, 0.15) is 11.5 Å². The number of amides is 1. The van der Waals surface area contributed by atoms with E-state index in [1.165, 1.54) is 12.1 Å². The van der Waals surface area contributed by atoms with E-state index < -0.39 is 11.8 Å². The van der Waals surface area contributed by atoms with Crippen molar-refractivity contribution in [2.45, 2.75) is 37.3 Å². The molecule has 2 fully saturated rings. The van der Waals surface area contributed by atoms with E-state index >= 15 is 0 Å². The Morgan fingerprint density at radius 1 is 1.16 bits per heavy atom. The predicted molar refractivity (Wildman–Crippen MR) is 138 cm³/mol. The molecule has 4 atom stereocenters. The van der Waals surface area contributed by atoms with Crippen molar-refractivity contribution in [1.82, 2.24) is 19.5 Å². The highest BCUT2D eigenvalue weighted by atomic mass is 32.1. The minimum Gasteiger partial charge on any atom is -0.477 e. The van der Waals surface area contributed by atoms with Crippen molar-refractivity contribution in [3.8, 4) is 10.4 Å². The van der Waals surface area contributed by atoms with Crippen molar-refractivity contribution in [3.63, 3.8) is 0 Å². The summed E-state index contributed by atoms with van der Waals surface area (Å²) in [6.07, 6.45) is 2.13. The first-order valence-corrected chi connectivity index (χ1v) is 13.4. The number of hydrogen-bond donors (Lipinski definition) is 2. The number of aromatic carboxylic acids is 1. The molecule has 0 radical (unpaired) electrons. The molecule has 1 saturated carbocycles. The van der Waals surface area contributed by atoms with Crippen LogP contribution in [0.25, 0.3) is 10.4 Å². The minimum absolute atomic E-state index is 0.0407. The Morgan fingerprint density at radius 2 is 1.97 bits per heavy atom. The average molecular weight is 536 g/mol. The van der Waals surface area contributed by atoms with Gasteiger partial charge >= 0.3 is 5.97 Å². The number of hydrogen-bond acceptors (Lipinski definition) is 8. The molecule has 3 N–H and O–H groups in total. The number of aromatic nitrogens is 3. The Kier molecular flexibility index (Phi) is 5.96. The van der Waals surface area contributed by atoms with Crippen LogP contribution in [0.5, 0.6) is 0 Å². The first kappa shape index (κ1) is 23.7. The number of carbonyl (C=O) groups excluding carboxylic acids is 1. The van der Waals surface area contributed by atoms with Gasteiger partial charge in [-0.1, -0.05) is 58.3 Å². The molecule has 2 aromatic carbocycles. The van der Waals surface area contributed by atoms with Gasteiger partial charge in [0.2, 0.25) is 0 Å². The van der Waals surface area contributed by atoms with Crippen molar-refractivity contribution < 1.29 is 19.1 Å². The molecular weight excluding hydrogens is 513 g/mol. The summed E-state index contributed by atoms with van der Waals surface area (Å²) < 4.78 is 17.9. The normalized spacial score (nSPS) is 21.0. The fourth-order valence-electron chi connectivity index (χ4n) is 5.46. The molecule has 1 aliphatic carbocycles. The molecule has 0 spiro atoms. The number of anilines is 1. The predicted octanol–water partition coefficient (Wildman–Crippen LogP) is 4.71. The van der Waals surface area contributed by atoms with E-state index in [1.54, 1.807) is 12.1 Å². The zero-order valence-electron chi connectivity index (χ0n) is 19.5. The molecule has 4 aromatic rings. The third kappa shape index (κ3) is 4.38. The van der Waals surface area contributed by atoms with Crippen LogP contribution in [0.15, 0.2) is 54.6 Å². The van der Waals surface area contributed by atoms with Crippen LogP contribution in [0.4, 0.5) is 9.52 Å². The number of benzene rings is 2. The number of likely N-dealkylation sites (tertiary alicyclic amines) is 1. The Bertz CT molecular complexity index is 1490. The van der Waals surface area contributed by atoms with Gasteiger partial charge in [-0.15, -0.1) is 5.10 Å². The van der Waals surface area contributed by atoms with Gasteiger partial charge in [-0.25, -0.2) is 14.2 Å². The molecule has 0 bridgehead atoms. The molecule has 11 heteroatoms. The lowest BCUT2D eigenvalue weighted by molar-refractivity contribution is 0.0667. The van der Waals surface area contributed by atoms with Crippen LogP contribution in [0.1, 0.15) is 50.2 Å². The van der Waals surface area contributed by atoms with Crippen molar-refractivity contribution in [1.29, 1.82) is 0 Å². The molecule has 37 heavy (non-hydrogen) atoms. The molecule has 1 unspecified atom stereocenters. The summed E-state index contributed by atoms with van der Waals surface area (Å²) in [6, 6.07) is 15.5. The van der Waals surface area contributed by atoms with Gasteiger partial charge in [0.05, 0.1) is 10.6 Å². The maximum absolute atomic E-state index is 14.1. The summed E-state index contributed by atoms with van der Waals surface area (Å²) in [7, 11) is 0. The van der Waals surface area contributed by atoms with E-state index in [4.69, 9.17) is 5.73 Å². The molecule has 2 aliphatic rings. The number of nitrogens with two attached hydrogens (primary N) is 1. The minimum atomic E-state index is -1.08. The summed E-state index contributed by atoms with van der Waals surface area (Å²) in [6.45, 7) is 0. The highest BCUT2D eigenvalue weighted by Crippen LogP contribution is 2.53. The maximum atomic E-state index is 14.1. The molecule has 2 aromatic heterocycles. The van der Waals surface area contributed by atoms with Crippen molar-refractivity contribution in [3.05, 3.63) is 82.2 Å². The number of nitrogen functional groups attached to an aromatic ring is 1. The van der Waals surface area contributed by atoms with Gasteiger partial charge in [-0.2, -0.15) is 0 Å². The third-order valence-corrected chi connectivity index (χ3v) is 8.80. The molecule has 6 rings (SSSR count). The summed E-state index contributed by atoms with van der Waals surface area (Å²) >= 11 is 2.00. The van der Waals surface area contributed by atoms with E-state index in [9.17, 15) is 19.1 Å². The smallest absolute Gasteiger partial charge is 0.349 e. The third-order valence-electron chi connectivity index (χ3n) is 7.13. The second-order valence-electron chi connectivity index (χ2n) is 9.41. The van der Waals surface area contributed by atoms with Crippen LogP contribution in [0.2, 0.25) is 0 Å². The van der Waals surface area contributed by atoms with E-state index in [2.05, 4.69) is 14.6 Å². The van der Waals surface area contributed by atoms with Crippen LogP contribution in [-0.4, -0.2) is 48.5 Å². The first-order valence-electron chi connectivity index (χ1n) is 11.8. The highest BCUT2D eigenvalue weighted by molar-refractivity contribution is 7.19. The topological polar surface area (TPSA) is 122 Å². The van der Waals surface area contributed by atoms with Gasteiger partial charge in [-0.3, -0.25) is 4.79 Å². The van der Waals surface area contributed by atoms with Gasteiger partial charge in [0, 0.05) is 18.0 Å². The number of piperidine rings is 1. The quantitative estimate of drug-likeness (QED) is 0.351. The van der Waals surface area contributed by atoms with Gasteiger partial charge in [-0.05, 0) is 60.0 Å². The number of halogens is 1. The molecule has 8 nitrogen and oxygen atoms in total. The maximum Gasteiger partial charge on any atom is 0.349 e. The fourth-order valence-corrected chi connectivity index (χ4v) is 6.85. The number of rotatable bonds is 7. The molecule has 1 aliphatic heterocycles. The number of carboxylic acids is 1. The van der Waals surface area contributed by atoms with Crippen LogP contribution in [-0.2, 0) is 6.42 Å². The van der Waals surface area contributed by atoms with Crippen molar-refractivity contribution in [2.75, 3.05) is 5.73 Å². The van der Waals surface area contributed by atoms with E-state index in [0.29, 0.717) is 28.5 Å². The van der Waals surface area contributed by atoms with Crippen molar-refractivity contribution >= 4 is 39.9 Å². The average Bonchev–Trinajstić information content (AvgIpc) is 3.23. The highest BCUT2D eigenvalue weighted by Gasteiger charge is 2.57. The second kappa shape index (κ2) is 9.31. The summed E-state index contributed by atoms with van der Waals surface area (Å²) in [5.74, 6) is -1.80. The first-order chi connectivity index (χ1) is 17.9. The Labute approximate surface area is 219 Å². The van der Waals surface area contributed by atoms with Crippen LogP contribution < -0.4 is 5.73 Å². The van der Waals surface area contributed by atoms with E-state index in [-0.39, 0.29) is 39.6 Å². The molecule has 1 saturated heterocycles. The molecule has 188 valence electrons. The lowest BCUT2D eigenvalue weighted by atomic mass is 9.86. The number of nitrogens with zero attached hydrogens (tertiary/aromatic N) is 4. The van der Waals surface area contributed by atoms with Gasteiger partial charge in [0.15, 0.2) is 10.0 Å².